The van der Waals surface area contributed by atoms with Crippen LogP contribution >= 0.6 is 0 Å². The Bertz CT molecular complexity index is 659. The van der Waals surface area contributed by atoms with Gasteiger partial charge in [-0.3, -0.25) is 4.68 Å². The summed E-state index contributed by atoms with van der Waals surface area (Å²) in [5, 5.41) is 4.09. The van der Waals surface area contributed by atoms with Gasteiger partial charge in [-0.25, -0.2) is 18.4 Å². The highest BCUT2D eigenvalue weighted by Crippen LogP contribution is 2.18. The molecule has 0 aliphatic rings. The van der Waals surface area contributed by atoms with Gasteiger partial charge in [-0.15, -0.1) is 0 Å². The molecule has 0 bridgehead atoms. The number of hydrogen-bond donors (Lipinski definition) is 0. The molecule has 2 aromatic heterocycles. The molecular formula is C12H16N4O2S. The first-order valence-electron chi connectivity index (χ1n) is 5.92. The largest absolute Gasteiger partial charge is 0.265 e. The minimum absolute atomic E-state index is 0.161. The van der Waals surface area contributed by atoms with E-state index in [0.717, 1.165) is 24.1 Å². The van der Waals surface area contributed by atoms with Crippen LogP contribution in [0.15, 0.2) is 29.8 Å². The number of sulfone groups is 1. The zero-order valence-electron chi connectivity index (χ0n) is 11.1. The Hall–Kier alpha value is -1.76. The Morgan fingerprint density at radius 1 is 1.26 bits per heavy atom. The van der Waals surface area contributed by atoms with Gasteiger partial charge in [0.1, 0.15) is 0 Å². The van der Waals surface area contributed by atoms with Crippen LogP contribution in [0.1, 0.15) is 13.8 Å². The molecule has 6 nitrogen and oxygen atoms in total. The molecule has 0 saturated carbocycles. The summed E-state index contributed by atoms with van der Waals surface area (Å²) in [6.07, 6.45) is 5.82. The van der Waals surface area contributed by atoms with Crippen molar-refractivity contribution in [2.45, 2.75) is 25.5 Å². The summed E-state index contributed by atoms with van der Waals surface area (Å²) in [6.45, 7) is 5.00. The average molecular weight is 280 g/mol. The van der Waals surface area contributed by atoms with Gasteiger partial charge in [-0.05, 0) is 12.0 Å². The lowest BCUT2D eigenvalue weighted by Crippen LogP contribution is -2.08. The van der Waals surface area contributed by atoms with Gasteiger partial charge in [0.25, 0.3) is 0 Å². The monoisotopic (exact) mass is 280 g/mol. The smallest absolute Gasteiger partial charge is 0.246 e. The molecule has 19 heavy (non-hydrogen) atoms. The minimum atomic E-state index is -3.36. The van der Waals surface area contributed by atoms with Crippen LogP contribution < -0.4 is 0 Å². The summed E-state index contributed by atoms with van der Waals surface area (Å²) in [6, 6.07) is 1.86. The number of nitrogens with zero attached hydrogens (tertiary/aromatic N) is 4. The first-order chi connectivity index (χ1) is 8.88. The third-order valence-corrected chi connectivity index (χ3v) is 3.38. The van der Waals surface area contributed by atoms with Crippen LogP contribution in [0.4, 0.5) is 0 Å². The molecule has 0 atom stereocenters. The van der Waals surface area contributed by atoms with Crippen LogP contribution in [0, 0.1) is 5.92 Å². The second kappa shape index (κ2) is 5.08. The molecule has 2 aromatic rings. The van der Waals surface area contributed by atoms with Crippen molar-refractivity contribution in [1.82, 2.24) is 19.7 Å². The third kappa shape index (κ3) is 3.17. The molecule has 0 amide bonds. The Morgan fingerprint density at radius 3 is 2.42 bits per heavy atom. The van der Waals surface area contributed by atoms with Crippen LogP contribution in [0.2, 0.25) is 0 Å². The van der Waals surface area contributed by atoms with Gasteiger partial charge in [0.05, 0.1) is 5.69 Å². The van der Waals surface area contributed by atoms with Crippen molar-refractivity contribution < 1.29 is 8.42 Å². The van der Waals surface area contributed by atoms with E-state index in [1.54, 1.807) is 6.20 Å². The standard InChI is InChI=1S/C12H16N4O2S/c1-9(2)8-16-11(4-5-15-16)10-6-13-12(14-7-10)19(3,17)18/h4-7,9H,8H2,1-3H3. The summed E-state index contributed by atoms with van der Waals surface area (Å²) in [4.78, 5) is 7.77. The van der Waals surface area contributed by atoms with E-state index in [1.807, 2.05) is 10.7 Å². The topological polar surface area (TPSA) is 77.7 Å². The molecule has 0 N–H and O–H groups in total. The van der Waals surface area contributed by atoms with E-state index in [1.165, 1.54) is 12.4 Å². The molecule has 7 heteroatoms. The van der Waals surface area contributed by atoms with Crippen LogP contribution in [-0.4, -0.2) is 34.4 Å². The number of aromatic nitrogens is 4. The molecule has 0 radical (unpaired) electrons. The Morgan fingerprint density at radius 2 is 1.89 bits per heavy atom. The fraction of sp³-hybridized carbons (Fsp3) is 0.417. The highest BCUT2D eigenvalue weighted by atomic mass is 32.2. The van der Waals surface area contributed by atoms with Gasteiger partial charge in [-0.2, -0.15) is 5.10 Å². The third-order valence-electron chi connectivity index (χ3n) is 2.51. The Balaban J connectivity index is 2.35. The molecule has 102 valence electrons. The van der Waals surface area contributed by atoms with Gasteiger partial charge < -0.3 is 0 Å². The van der Waals surface area contributed by atoms with Crippen molar-refractivity contribution in [3.05, 3.63) is 24.7 Å². The maximum atomic E-state index is 11.3. The van der Waals surface area contributed by atoms with E-state index in [9.17, 15) is 8.42 Å². The molecule has 0 aromatic carbocycles. The van der Waals surface area contributed by atoms with E-state index >= 15 is 0 Å². The van der Waals surface area contributed by atoms with Gasteiger partial charge in [0, 0.05) is 37.0 Å². The summed E-state index contributed by atoms with van der Waals surface area (Å²) in [7, 11) is -3.36. The minimum Gasteiger partial charge on any atom is -0.265 e. The van der Waals surface area contributed by atoms with Gasteiger partial charge in [0.2, 0.25) is 15.0 Å². The number of rotatable bonds is 4. The molecule has 0 saturated heterocycles. The maximum absolute atomic E-state index is 11.3. The SMILES string of the molecule is CC(C)Cn1nccc1-c1cnc(S(C)(=O)=O)nc1. The molecule has 2 heterocycles. The van der Waals surface area contributed by atoms with Gasteiger partial charge in [-0.1, -0.05) is 13.8 Å². The van der Waals surface area contributed by atoms with E-state index in [-0.39, 0.29) is 5.16 Å². The second-order valence-electron chi connectivity index (χ2n) is 4.82. The van der Waals surface area contributed by atoms with Crippen LogP contribution in [0.3, 0.4) is 0 Å². The lowest BCUT2D eigenvalue weighted by Gasteiger charge is -2.09. The molecule has 0 fully saturated rings. The fourth-order valence-electron chi connectivity index (χ4n) is 1.71. The molecule has 0 unspecified atom stereocenters. The lowest BCUT2D eigenvalue weighted by molar-refractivity contribution is 0.487. The molecule has 0 spiro atoms. The van der Waals surface area contributed by atoms with E-state index in [2.05, 4.69) is 28.9 Å². The molecule has 2 rings (SSSR count). The molecule has 0 aliphatic heterocycles. The van der Waals surface area contributed by atoms with Crippen LogP contribution in [0.25, 0.3) is 11.3 Å². The molecular weight excluding hydrogens is 264 g/mol. The normalized spacial score (nSPS) is 12.0. The first-order valence-corrected chi connectivity index (χ1v) is 7.81. The van der Waals surface area contributed by atoms with Crippen LogP contribution in [0.5, 0.6) is 0 Å². The average Bonchev–Trinajstić information content (AvgIpc) is 2.75. The van der Waals surface area contributed by atoms with Crippen molar-refractivity contribution in [2.75, 3.05) is 6.26 Å². The zero-order chi connectivity index (χ0) is 14.0. The van der Waals surface area contributed by atoms with Crippen LogP contribution in [-0.2, 0) is 16.4 Å². The quantitative estimate of drug-likeness (QED) is 0.791. The summed E-state index contributed by atoms with van der Waals surface area (Å²) < 4.78 is 24.5. The van der Waals surface area contributed by atoms with Gasteiger partial charge >= 0.3 is 0 Å². The van der Waals surface area contributed by atoms with E-state index < -0.39 is 9.84 Å². The zero-order valence-corrected chi connectivity index (χ0v) is 11.9. The van der Waals surface area contributed by atoms with Crippen molar-refractivity contribution in [2.24, 2.45) is 5.92 Å². The Kier molecular flexibility index (Phi) is 3.66. The molecule has 0 aliphatic carbocycles. The van der Waals surface area contributed by atoms with Crippen molar-refractivity contribution in [3.8, 4) is 11.3 Å². The van der Waals surface area contributed by atoms with E-state index in [0.29, 0.717) is 5.92 Å². The second-order valence-corrected chi connectivity index (χ2v) is 6.73. The van der Waals surface area contributed by atoms with Crippen molar-refractivity contribution >= 4 is 9.84 Å². The van der Waals surface area contributed by atoms with Crippen molar-refractivity contribution in [3.63, 3.8) is 0 Å². The number of hydrogen-bond acceptors (Lipinski definition) is 5. The summed E-state index contributed by atoms with van der Waals surface area (Å²) in [5.74, 6) is 0.467. The maximum Gasteiger partial charge on any atom is 0.246 e. The van der Waals surface area contributed by atoms with Crippen molar-refractivity contribution in [1.29, 1.82) is 0 Å². The predicted molar refractivity (Wildman–Crippen MR) is 71.2 cm³/mol. The summed E-state index contributed by atoms with van der Waals surface area (Å²) >= 11 is 0. The fourth-order valence-corrected chi connectivity index (χ4v) is 2.20. The lowest BCUT2D eigenvalue weighted by atomic mass is 10.2. The predicted octanol–water partition coefficient (Wildman–Crippen LogP) is 1.40. The Labute approximate surface area is 112 Å². The van der Waals surface area contributed by atoms with Gasteiger partial charge in [0.15, 0.2) is 0 Å². The highest BCUT2D eigenvalue weighted by Gasteiger charge is 2.12. The first kappa shape index (κ1) is 13.7. The summed E-state index contributed by atoms with van der Waals surface area (Å²) in [5.41, 5.74) is 1.64. The van der Waals surface area contributed by atoms with E-state index in [4.69, 9.17) is 0 Å². The highest BCUT2D eigenvalue weighted by molar-refractivity contribution is 7.90.